The molecule has 226 valence electrons. The Hall–Kier alpha value is -4.37. The summed E-state index contributed by atoms with van der Waals surface area (Å²) >= 11 is 7.67. The molecule has 0 spiro atoms. The first-order valence-corrected chi connectivity index (χ1v) is 13.9. The molecule has 15 heteroatoms. The predicted molar refractivity (Wildman–Crippen MR) is 154 cm³/mol. The molecule has 0 bridgehead atoms. The van der Waals surface area contributed by atoms with Gasteiger partial charge in [-0.15, -0.1) is 11.3 Å². The second-order valence-electron chi connectivity index (χ2n) is 9.11. The highest BCUT2D eigenvalue weighted by Gasteiger charge is 2.37. The van der Waals surface area contributed by atoms with Crippen LogP contribution in [0.15, 0.2) is 70.3 Å². The maximum Gasteiger partial charge on any atom is 0.339 e. The average molecular weight is 633 g/mol. The van der Waals surface area contributed by atoms with Crippen LogP contribution in [0, 0.1) is 5.82 Å². The van der Waals surface area contributed by atoms with E-state index in [2.05, 4.69) is 15.3 Å². The van der Waals surface area contributed by atoms with Gasteiger partial charge in [0.15, 0.2) is 10.8 Å². The predicted octanol–water partition coefficient (Wildman–Crippen LogP) is 3.33. The molecule has 43 heavy (non-hydrogen) atoms. The zero-order chi connectivity index (χ0) is 31.1. The van der Waals surface area contributed by atoms with Gasteiger partial charge in [0.1, 0.15) is 29.2 Å². The minimum atomic E-state index is -1.11. The molecule has 0 unspecified atom stereocenters. The van der Waals surface area contributed by atoms with Crippen LogP contribution >= 0.6 is 22.9 Å². The molecular weight excluding hydrogens is 607 g/mol. The molecule has 12 nitrogen and oxygen atoms in total. The number of aliphatic imine (C=N–C) groups is 1. The minimum Gasteiger partial charge on any atom is -0.507 e. The topological polar surface area (TPSA) is 171 Å². The summed E-state index contributed by atoms with van der Waals surface area (Å²) in [6.07, 6.45) is 1.62. The lowest BCUT2D eigenvalue weighted by Gasteiger charge is -2.35. The van der Waals surface area contributed by atoms with Gasteiger partial charge in [-0.3, -0.25) is 14.7 Å². The fourth-order valence-electron chi connectivity index (χ4n) is 4.38. The van der Waals surface area contributed by atoms with Gasteiger partial charge in [0, 0.05) is 40.9 Å². The number of halogens is 2. The zero-order valence-corrected chi connectivity index (χ0v) is 24.1. The summed E-state index contributed by atoms with van der Waals surface area (Å²) in [4.78, 5) is 45.6. The number of nitrogens with one attached hydrogen (secondary N) is 1. The van der Waals surface area contributed by atoms with E-state index in [4.69, 9.17) is 31.3 Å². The summed E-state index contributed by atoms with van der Waals surface area (Å²) in [5.41, 5.74) is 0.897. The van der Waals surface area contributed by atoms with Crippen LogP contribution in [0.2, 0.25) is 5.02 Å². The molecule has 4 N–H and O–H groups in total. The number of methoxy groups -OCH3 is 1. The van der Waals surface area contributed by atoms with E-state index >= 15 is 0 Å². The molecular formula is C28H26ClFN4O8S. The second kappa shape index (κ2) is 14.2. The number of benzene rings is 2. The number of aromatic nitrogens is 1. The fourth-order valence-corrected chi connectivity index (χ4v) is 5.24. The van der Waals surface area contributed by atoms with E-state index in [0.29, 0.717) is 35.3 Å². The molecule has 3 heterocycles. The van der Waals surface area contributed by atoms with Crippen molar-refractivity contribution in [2.24, 2.45) is 4.99 Å². The minimum absolute atomic E-state index is 0.0246. The van der Waals surface area contributed by atoms with Crippen LogP contribution < -0.4 is 5.32 Å². The summed E-state index contributed by atoms with van der Waals surface area (Å²) in [5, 5.41) is 32.5. The normalized spacial score (nSPS) is 18.5. The second-order valence-corrected chi connectivity index (χ2v) is 10.4. The lowest BCUT2D eigenvalue weighted by molar-refractivity contribution is -0.149. The number of phenols is 1. The number of carboxylic acid groups (broad SMARTS) is 2. The number of aliphatic carboxylic acids is 1. The van der Waals surface area contributed by atoms with Crippen molar-refractivity contribution < 1.29 is 43.6 Å². The van der Waals surface area contributed by atoms with Gasteiger partial charge in [0.25, 0.3) is 0 Å². The van der Waals surface area contributed by atoms with E-state index in [0.717, 1.165) is 6.07 Å². The van der Waals surface area contributed by atoms with Gasteiger partial charge in [-0.2, -0.15) is 0 Å². The molecule has 0 saturated carbocycles. The number of carbonyl (C=O) groups is 3. The molecule has 1 saturated heterocycles. The summed E-state index contributed by atoms with van der Waals surface area (Å²) in [7, 11) is 1.24. The van der Waals surface area contributed by atoms with Gasteiger partial charge >= 0.3 is 17.9 Å². The number of carboxylic acids is 2. The zero-order valence-electron chi connectivity index (χ0n) is 22.6. The fraction of sp³-hybridized carbons (Fsp3) is 0.250. The van der Waals surface area contributed by atoms with E-state index in [-0.39, 0.29) is 35.1 Å². The van der Waals surface area contributed by atoms with Crippen LogP contribution in [0.3, 0.4) is 0 Å². The van der Waals surface area contributed by atoms with Gasteiger partial charge in [0.05, 0.1) is 25.9 Å². The molecule has 2 atom stereocenters. The van der Waals surface area contributed by atoms with E-state index in [1.807, 2.05) is 0 Å². The van der Waals surface area contributed by atoms with Crippen LogP contribution in [0.25, 0.3) is 0 Å². The van der Waals surface area contributed by atoms with E-state index < -0.39 is 35.8 Å². The quantitative estimate of drug-likeness (QED) is 0.282. The lowest BCUT2D eigenvalue weighted by atomic mass is 9.95. The van der Waals surface area contributed by atoms with Gasteiger partial charge in [-0.1, -0.05) is 29.8 Å². The number of morpholine rings is 1. The maximum absolute atomic E-state index is 13.7. The number of amidine groups is 1. The first kappa shape index (κ1) is 31.6. The number of carbonyl (C=O) groups excluding carboxylic acids is 1. The molecule has 1 fully saturated rings. The van der Waals surface area contributed by atoms with Crippen LogP contribution in [0.1, 0.15) is 27.0 Å². The number of aromatic hydroxyl groups is 1. The van der Waals surface area contributed by atoms with Crippen molar-refractivity contribution in [1.82, 2.24) is 15.2 Å². The number of esters is 1. The number of rotatable bonds is 7. The molecule has 5 rings (SSSR count). The van der Waals surface area contributed by atoms with Crippen molar-refractivity contribution in [3.63, 3.8) is 0 Å². The first-order chi connectivity index (χ1) is 20.6. The van der Waals surface area contributed by atoms with E-state index in [9.17, 15) is 23.9 Å². The Balaban J connectivity index is 0.000000359. The highest BCUT2D eigenvalue weighted by molar-refractivity contribution is 7.11. The molecule has 3 aromatic rings. The Morgan fingerprint density at radius 1 is 1.23 bits per heavy atom. The van der Waals surface area contributed by atoms with Gasteiger partial charge in [-0.25, -0.2) is 19.0 Å². The number of ether oxygens (including phenoxy) is 2. The number of aromatic carboxylic acids is 1. The van der Waals surface area contributed by atoms with Crippen LogP contribution in [0.5, 0.6) is 5.75 Å². The SMILES string of the molecule is COC(=O)C1=C(CN2CCOC[C@H]2C(=O)O)NC(c2nccs2)=N[C@H]1c1ccc(F)cc1Cl.O=C(O)c1ccccc1O. The molecule has 0 radical (unpaired) electrons. The third-order valence-electron chi connectivity index (χ3n) is 6.44. The monoisotopic (exact) mass is 632 g/mol. The number of thiazole rings is 1. The van der Waals surface area contributed by atoms with Gasteiger partial charge in [-0.05, 0) is 24.3 Å². The highest BCUT2D eigenvalue weighted by atomic mass is 35.5. The Labute approximate surface area is 253 Å². The third-order valence-corrected chi connectivity index (χ3v) is 7.55. The van der Waals surface area contributed by atoms with Gasteiger partial charge < -0.3 is 30.1 Å². The summed E-state index contributed by atoms with van der Waals surface area (Å²) in [6.45, 7) is 0.814. The Kier molecular flexibility index (Phi) is 10.4. The summed E-state index contributed by atoms with van der Waals surface area (Å²) in [5.74, 6) is -3.14. The van der Waals surface area contributed by atoms with Crippen molar-refractivity contribution >= 4 is 46.7 Å². The number of hydrogen-bond acceptors (Lipinski definition) is 11. The van der Waals surface area contributed by atoms with Crippen LogP contribution in [-0.2, 0) is 19.1 Å². The molecule has 2 aliphatic rings. The standard InChI is InChI=1S/C21H20ClFN4O5S.C7H6O3/c1-31-21(30)16-14(9-27-5-6-32-10-15(27)20(28)29)25-18(19-24-4-7-33-19)26-17(16)12-3-2-11(23)8-13(12)22;8-6-4-2-1-3-5(6)7(9)10/h2-4,7-8,15,17H,5-6,9-10H2,1H3,(H,25,26)(H,28,29);1-4,8H,(H,9,10)/t15-,17-;/m0./s1. The van der Waals surface area contributed by atoms with Crippen molar-refractivity contribution in [3.8, 4) is 5.75 Å². The van der Waals surface area contributed by atoms with Gasteiger partial charge in [0.2, 0.25) is 0 Å². The third kappa shape index (κ3) is 7.53. The number of hydrogen-bond donors (Lipinski definition) is 4. The number of nitrogens with zero attached hydrogens (tertiary/aromatic N) is 3. The Morgan fingerprint density at radius 2 is 2.00 bits per heavy atom. The van der Waals surface area contributed by atoms with E-state index in [1.54, 1.807) is 28.6 Å². The molecule has 0 aliphatic carbocycles. The molecule has 2 aromatic carbocycles. The average Bonchev–Trinajstić information content (AvgIpc) is 3.52. The Bertz CT molecular complexity index is 1570. The van der Waals surface area contributed by atoms with Crippen molar-refractivity contribution in [2.45, 2.75) is 12.1 Å². The van der Waals surface area contributed by atoms with Crippen molar-refractivity contribution in [1.29, 1.82) is 0 Å². The number of para-hydroxylation sites is 1. The highest BCUT2D eigenvalue weighted by Crippen LogP contribution is 2.37. The van der Waals surface area contributed by atoms with Crippen LogP contribution in [0.4, 0.5) is 4.39 Å². The molecule has 1 aromatic heterocycles. The van der Waals surface area contributed by atoms with Crippen LogP contribution in [-0.4, -0.2) is 88.4 Å². The molecule has 0 amide bonds. The smallest absolute Gasteiger partial charge is 0.339 e. The van der Waals surface area contributed by atoms with E-state index in [1.165, 1.54) is 42.7 Å². The molecule has 2 aliphatic heterocycles. The van der Waals surface area contributed by atoms with Crippen molar-refractivity contribution in [3.05, 3.63) is 92.3 Å². The lowest BCUT2D eigenvalue weighted by Crippen LogP contribution is -2.52. The Morgan fingerprint density at radius 3 is 2.60 bits per heavy atom. The van der Waals surface area contributed by atoms with Crippen molar-refractivity contribution in [2.75, 3.05) is 33.4 Å². The summed E-state index contributed by atoms with van der Waals surface area (Å²) < 4.78 is 24.1. The summed E-state index contributed by atoms with van der Waals surface area (Å²) in [6, 6.07) is 7.86. The first-order valence-electron chi connectivity index (χ1n) is 12.7. The maximum atomic E-state index is 13.7. The largest absolute Gasteiger partial charge is 0.507 e.